The maximum Gasteiger partial charge on any atom is 0.240 e. The van der Waals surface area contributed by atoms with Gasteiger partial charge in [0.1, 0.15) is 9.84 Å². The van der Waals surface area contributed by atoms with Crippen molar-refractivity contribution in [2.75, 3.05) is 16.9 Å². The molecule has 1 aliphatic rings. The molecule has 9 heteroatoms. The Morgan fingerprint density at radius 2 is 1.65 bits per heavy atom. The minimum atomic E-state index is -3.64. The van der Waals surface area contributed by atoms with E-state index >= 15 is 0 Å². The third-order valence-corrected chi connectivity index (χ3v) is 6.46. The summed E-state index contributed by atoms with van der Waals surface area (Å²) in [7, 11) is -6.64. The highest BCUT2D eigenvalue weighted by atomic mass is 32.2. The van der Waals surface area contributed by atoms with Crippen LogP contribution in [0, 0.1) is 0 Å². The Hall–Kier alpha value is -1.16. The molecule has 0 bridgehead atoms. The van der Waals surface area contributed by atoms with Gasteiger partial charge in [-0.1, -0.05) is 0 Å². The molecule has 0 unspecified atom stereocenters. The summed E-state index contributed by atoms with van der Waals surface area (Å²) < 4.78 is 49.5. The number of sulfone groups is 1. The molecular formula is C11H17N3O4S2. The van der Waals surface area contributed by atoms with Gasteiger partial charge < -0.3 is 5.43 Å². The number of benzene rings is 1. The lowest BCUT2D eigenvalue weighted by Gasteiger charge is -2.22. The lowest BCUT2D eigenvalue weighted by molar-refractivity contribution is 0.505. The van der Waals surface area contributed by atoms with Crippen molar-refractivity contribution in [3.8, 4) is 0 Å². The maximum absolute atomic E-state index is 12.1. The van der Waals surface area contributed by atoms with E-state index < -0.39 is 19.9 Å². The molecule has 0 radical (unpaired) electrons. The number of rotatable bonds is 4. The molecule has 1 aromatic carbocycles. The third kappa shape index (κ3) is 3.69. The lowest BCUT2D eigenvalue weighted by atomic mass is 10.2. The molecule has 4 N–H and O–H groups in total. The minimum Gasteiger partial charge on any atom is -0.324 e. The van der Waals surface area contributed by atoms with Crippen LogP contribution < -0.4 is 16.0 Å². The van der Waals surface area contributed by atoms with Gasteiger partial charge in [-0.05, 0) is 37.1 Å². The van der Waals surface area contributed by atoms with Crippen LogP contribution in [0.3, 0.4) is 0 Å². The Morgan fingerprint density at radius 3 is 2.15 bits per heavy atom. The van der Waals surface area contributed by atoms with Crippen molar-refractivity contribution >= 4 is 25.5 Å². The van der Waals surface area contributed by atoms with Crippen molar-refractivity contribution in [1.82, 2.24) is 4.72 Å². The van der Waals surface area contributed by atoms with E-state index in [1.165, 1.54) is 12.1 Å². The molecule has 0 aliphatic carbocycles. The van der Waals surface area contributed by atoms with Crippen LogP contribution in [0.25, 0.3) is 0 Å². The first-order valence-electron chi connectivity index (χ1n) is 6.12. The molecule has 0 amide bonds. The summed E-state index contributed by atoms with van der Waals surface area (Å²) >= 11 is 0. The summed E-state index contributed by atoms with van der Waals surface area (Å²) in [5.41, 5.74) is 3.02. The highest BCUT2D eigenvalue weighted by Gasteiger charge is 2.27. The van der Waals surface area contributed by atoms with E-state index in [1.54, 1.807) is 12.1 Å². The fraction of sp³-hybridized carbons (Fsp3) is 0.455. The van der Waals surface area contributed by atoms with Crippen LogP contribution in [0.2, 0.25) is 0 Å². The Balaban J connectivity index is 2.07. The summed E-state index contributed by atoms with van der Waals surface area (Å²) in [6.07, 6.45) is 0.619. The zero-order valence-electron chi connectivity index (χ0n) is 10.7. The van der Waals surface area contributed by atoms with E-state index in [0.717, 1.165) is 0 Å². The molecule has 0 spiro atoms. The van der Waals surface area contributed by atoms with Gasteiger partial charge in [-0.3, -0.25) is 5.84 Å². The zero-order valence-corrected chi connectivity index (χ0v) is 12.4. The van der Waals surface area contributed by atoms with Gasteiger partial charge in [-0.25, -0.2) is 21.6 Å². The van der Waals surface area contributed by atoms with Crippen molar-refractivity contribution in [3.05, 3.63) is 24.3 Å². The van der Waals surface area contributed by atoms with Crippen molar-refractivity contribution < 1.29 is 16.8 Å². The van der Waals surface area contributed by atoms with E-state index in [4.69, 9.17) is 5.84 Å². The smallest absolute Gasteiger partial charge is 0.240 e. The van der Waals surface area contributed by atoms with Gasteiger partial charge in [-0.15, -0.1) is 0 Å². The van der Waals surface area contributed by atoms with Crippen LogP contribution in [0.4, 0.5) is 5.69 Å². The fourth-order valence-corrected chi connectivity index (χ4v) is 4.82. The highest BCUT2D eigenvalue weighted by molar-refractivity contribution is 7.91. The Kier molecular flexibility index (Phi) is 4.33. The second-order valence-electron chi connectivity index (χ2n) is 4.72. The van der Waals surface area contributed by atoms with Crippen molar-refractivity contribution in [2.45, 2.75) is 23.8 Å². The molecule has 1 fully saturated rings. The summed E-state index contributed by atoms with van der Waals surface area (Å²) in [5.74, 6) is 5.26. The molecule has 2 rings (SSSR count). The number of hydrogen-bond donors (Lipinski definition) is 3. The molecule has 20 heavy (non-hydrogen) atoms. The Labute approximate surface area is 118 Å². The van der Waals surface area contributed by atoms with Crippen molar-refractivity contribution in [2.24, 2.45) is 5.84 Å². The monoisotopic (exact) mass is 319 g/mol. The quantitative estimate of drug-likeness (QED) is 0.524. The average Bonchev–Trinajstić information content (AvgIpc) is 2.41. The summed E-state index contributed by atoms with van der Waals surface area (Å²) in [5, 5.41) is 0. The van der Waals surface area contributed by atoms with Gasteiger partial charge >= 0.3 is 0 Å². The van der Waals surface area contributed by atoms with E-state index in [2.05, 4.69) is 10.1 Å². The van der Waals surface area contributed by atoms with E-state index in [0.29, 0.717) is 18.5 Å². The normalized spacial score (nSPS) is 19.6. The first-order chi connectivity index (χ1) is 9.32. The van der Waals surface area contributed by atoms with Crippen LogP contribution >= 0.6 is 0 Å². The van der Waals surface area contributed by atoms with Gasteiger partial charge in [0.15, 0.2) is 0 Å². The molecule has 1 aliphatic heterocycles. The van der Waals surface area contributed by atoms with Gasteiger partial charge in [0.2, 0.25) is 10.0 Å². The number of hydrogen-bond acceptors (Lipinski definition) is 6. The predicted molar refractivity (Wildman–Crippen MR) is 76.2 cm³/mol. The van der Waals surface area contributed by atoms with Crippen molar-refractivity contribution in [1.29, 1.82) is 0 Å². The van der Waals surface area contributed by atoms with Gasteiger partial charge in [0.05, 0.1) is 16.4 Å². The minimum absolute atomic E-state index is 0.0240. The molecule has 1 saturated heterocycles. The fourth-order valence-electron chi connectivity index (χ4n) is 2.03. The first-order valence-corrected chi connectivity index (χ1v) is 9.42. The topological polar surface area (TPSA) is 118 Å². The number of sulfonamides is 1. The van der Waals surface area contributed by atoms with Gasteiger partial charge in [0, 0.05) is 11.7 Å². The van der Waals surface area contributed by atoms with E-state index in [9.17, 15) is 16.8 Å². The summed E-state index contributed by atoms with van der Waals surface area (Å²) in [6, 6.07) is 5.66. The number of hydrazine groups is 1. The molecule has 112 valence electrons. The van der Waals surface area contributed by atoms with Gasteiger partial charge in [0.25, 0.3) is 0 Å². The Bertz CT molecular complexity index is 654. The standard InChI is InChI=1S/C11H17N3O4S2/c12-13-9-1-3-11(4-2-9)20(17,18)14-10-5-7-19(15,16)8-6-10/h1-4,10,13-14H,5-8,12H2. The molecular weight excluding hydrogens is 302 g/mol. The molecule has 1 aromatic rings. The number of nitrogen functional groups attached to an aromatic ring is 1. The summed E-state index contributed by atoms with van der Waals surface area (Å²) in [4.78, 5) is 0.130. The molecule has 0 aromatic heterocycles. The SMILES string of the molecule is NNc1ccc(S(=O)(=O)NC2CCS(=O)(=O)CC2)cc1. The van der Waals surface area contributed by atoms with Crippen LogP contribution in [0.5, 0.6) is 0 Å². The average molecular weight is 319 g/mol. The second kappa shape index (κ2) is 5.68. The first kappa shape index (κ1) is 15.2. The van der Waals surface area contributed by atoms with Crippen molar-refractivity contribution in [3.63, 3.8) is 0 Å². The van der Waals surface area contributed by atoms with Crippen LogP contribution in [-0.2, 0) is 19.9 Å². The zero-order chi connectivity index (χ0) is 14.8. The number of anilines is 1. The molecule has 0 atom stereocenters. The predicted octanol–water partition coefficient (Wildman–Crippen LogP) is -0.172. The van der Waals surface area contributed by atoms with Crippen LogP contribution in [0.1, 0.15) is 12.8 Å². The van der Waals surface area contributed by atoms with Crippen LogP contribution in [-0.4, -0.2) is 34.4 Å². The van der Waals surface area contributed by atoms with E-state index in [1.807, 2.05) is 0 Å². The third-order valence-electron chi connectivity index (χ3n) is 3.21. The molecule has 7 nitrogen and oxygen atoms in total. The largest absolute Gasteiger partial charge is 0.324 e. The lowest BCUT2D eigenvalue weighted by Crippen LogP contribution is -2.40. The molecule has 1 heterocycles. The van der Waals surface area contributed by atoms with Crippen LogP contribution in [0.15, 0.2) is 29.2 Å². The molecule has 0 saturated carbocycles. The summed E-state index contributed by atoms with van der Waals surface area (Å²) in [6.45, 7) is 0. The van der Waals surface area contributed by atoms with E-state index in [-0.39, 0.29) is 22.4 Å². The second-order valence-corrected chi connectivity index (χ2v) is 8.73. The maximum atomic E-state index is 12.1. The number of nitrogens with two attached hydrogens (primary N) is 1. The highest BCUT2D eigenvalue weighted by Crippen LogP contribution is 2.17. The number of nitrogens with one attached hydrogen (secondary N) is 2. The van der Waals surface area contributed by atoms with Gasteiger partial charge in [-0.2, -0.15) is 0 Å². The Morgan fingerprint density at radius 1 is 1.10 bits per heavy atom.